The monoisotopic (exact) mass is 562 g/mol. The highest BCUT2D eigenvalue weighted by molar-refractivity contribution is 9.10. The maximum atomic E-state index is 13.3. The van der Waals surface area contributed by atoms with Crippen molar-refractivity contribution >= 4 is 31.8 Å². The van der Waals surface area contributed by atoms with Crippen LogP contribution >= 0.6 is 15.9 Å². The third-order valence-corrected chi connectivity index (χ3v) is 8.13. The molecule has 2 heterocycles. The highest BCUT2D eigenvalue weighted by atomic mass is 79.9. The van der Waals surface area contributed by atoms with Gasteiger partial charge in [0, 0.05) is 36.2 Å². The van der Waals surface area contributed by atoms with E-state index < -0.39 is 10.0 Å². The SMILES string of the molecule is CCOc1ccc(Br)cc1S(=O)(=O)N1CCN(c2ccc(-c3cc(OC)ccc3OC)nn2)CC1. The molecule has 0 unspecified atom stereocenters. The number of benzene rings is 2. The number of methoxy groups -OCH3 is 2. The third kappa shape index (κ3) is 5.36. The van der Waals surface area contributed by atoms with Gasteiger partial charge in [-0.05, 0) is 55.5 Å². The van der Waals surface area contributed by atoms with Crippen molar-refractivity contribution in [3.63, 3.8) is 0 Å². The molecule has 0 N–H and O–H groups in total. The van der Waals surface area contributed by atoms with Crippen molar-refractivity contribution in [3.05, 3.63) is 53.0 Å². The van der Waals surface area contributed by atoms with Crippen LogP contribution < -0.4 is 19.1 Å². The maximum absolute atomic E-state index is 13.3. The summed E-state index contributed by atoms with van der Waals surface area (Å²) in [5.74, 6) is 2.41. The number of ether oxygens (including phenoxy) is 3. The summed E-state index contributed by atoms with van der Waals surface area (Å²) >= 11 is 3.37. The van der Waals surface area contributed by atoms with Gasteiger partial charge in [0.15, 0.2) is 5.82 Å². The van der Waals surface area contributed by atoms with Crippen molar-refractivity contribution in [2.45, 2.75) is 11.8 Å². The molecular formula is C24H27BrN4O5S. The van der Waals surface area contributed by atoms with Gasteiger partial charge in [-0.15, -0.1) is 10.2 Å². The molecule has 0 amide bonds. The molecular weight excluding hydrogens is 536 g/mol. The van der Waals surface area contributed by atoms with Gasteiger partial charge in [0.05, 0.1) is 26.5 Å². The van der Waals surface area contributed by atoms with Gasteiger partial charge in [0.1, 0.15) is 22.1 Å². The van der Waals surface area contributed by atoms with Crippen LogP contribution in [0.2, 0.25) is 0 Å². The fraction of sp³-hybridized carbons (Fsp3) is 0.333. The standard InChI is InChI=1S/C24H27BrN4O5S/c1-4-34-22-8-5-17(25)15-23(22)35(30,31)29-13-11-28(12-14-29)24-10-7-20(26-27-24)19-16-18(32-2)6-9-21(19)33-3/h5-10,15-16H,4,11-14H2,1-3H3. The summed E-state index contributed by atoms with van der Waals surface area (Å²) in [6.07, 6.45) is 0. The average molecular weight is 563 g/mol. The number of aromatic nitrogens is 2. The molecule has 11 heteroatoms. The molecule has 1 fully saturated rings. The van der Waals surface area contributed by atoms with E-state index in [1.54, 1.807) is 32.4 Å². The Morgan fingerprint density at radius 2 is 1.66 bits per heavy atom. The van der Waals surface area contributed by atoms with E-state index in [0.29, 0.717) is 66.0 Å². The van der Waals surface area contributed by atoms with Gasteiger partial charge in [-0.25, -0.2) is 8.42 Å². The minimum Gasteiger partial charge on any atom is -0.497 e. The fourth-order valence-electron chi connectivity index (χ4n) is 3.91. The van der Waals surface area contributed by atoms with Crippen molar-refractivity contribution in [1.29, 1.82) is 0 Å². The summed E-state index contributed by atoms with van der Waals surface area (Å²) in [5, 5.41) is 8.77. The van der Waals surface area contributed by atoms with Crippen molar-refractivity contribution in [3.8, 4) is 28.5 Å². The number of hydrogen-bond donors (Lipinski definition) is 0. The van der Waals surface area contributed by atoms with Crippen LogP contribution in [0, 0.1) is 0 Å². The number of sulfonamides is 1. The molecule has 1 saturated heterocycles. The lowest BCUT2D eigenvalue weighted by molar-refractivity contribution is 0.327. The summed E-state index contributed by atoms with van der Waals surface area (Å²) in [6.45, 7) is 3.85. The van der Waals surface area contributed by atoms with Crippen molar-refractivity contribution in [1.82, 2.24) is 14.5 Å². The number of nitrogens with zero attached hydrogens (tertiary/aromatic N) is 4. The quantitative estimate of drug-likeness (QED) is 0.408. The molecule has 9 nitrogen and oxygen atoms in total. The van der Waals surface area contributed by atoms with Gasteiger partial charge in [-0.1, -0.05) is 15.9 Å². The Morgan fingerprint density at radius 3 is 2.29 bits per heavy atom. The normalized spacial score (nSPS) is 14.6. The smallest absolute Gasteiger partial charge is 0.246 e. The van der Waals surface area contributed by atoms with Gasteiger partial charge in [0.2, 0.25) is 10.0 Å². The zero-order valence-electron chi connectivity index (χ0n) is 19.8. The van der Waals surface area contributed by atoms with Crippen LogP contribution in [0.1, 0.15) is 6.92 Å². The Kier molecular flexibility index (Phi) is 7.78. The summed E-state index contributed by atoms with van der Waals surface area (Å²) in [4.78, 5) is 2.19. The van der Waals surface area contributed by atoms with Gasteiger partial charge in [-0.3, -0.25) is 0 Å². The predicted octanol–water partition coefficient (Wildman–Crippen LogP) is 3.83. The summed E-state index contributed by atoms with van der Waals surface area (Å²) in [6, 6.07) is 14.3. The second kappa shape index (κ2) is 10.8. The predicted molar refractivity (Wildman–Crippen MR) is 137 cm³/mol. The highest BCUT2D eigenvalue weighted by Gasteiger charge is 2.31. The van der Waals surface area contributed by atoms with Gasteiger partial charge in [-0.2, -0.15) is 4.31 Å². The molecule has 1 aliphatic heterocycles. The Labute approximate surface area is 213 Å². The first-order valence-electron chi connectivity index (χ1n) is 11.1. The van der Waals surface area contributed by atoms with E-state index >= 15 is 0 Å². The zero-order chi connectivity index (χ0) is 25.0. The molecule has 0 spiro atoms. The summed E-state index contributed by atoms with van der Waals surface area (Å²) in [5.41, 5.74) is 1.43. The largest absolute Gasteiger partial charge is 0.497 e. The molecule has 1 aliphatic rings. The molecule has 3 aromatic rings. The van der Waals surface area contributed by atoms with Crippen LogP contribution in [-0.2, 0) is 10.0 Å². The lowest BCUT2D eigenvalue weighted by Gasteiger charge is -2.34. The van der Waals surface area contributed by atoms with Crippen molar-refractivity contribution < 1.29 is 22.6 Å². The molecule has 0 atom stereocenters. The minimum absolute atomic E-state index is 0.165. The van der Waals surface area contributed by atoms with Crippen LogP contribution in [-0.4, -0.2) is 69.9 Å². The van der Waals surface area contributed by atoms with Crippen molar-refractivity contribution in [2.24, 2.45) is 0 Å². The van der Waals surface area contributed by atoms with E-state index in [0.717, 1.165) is 5.56 Å². The van der Waals surface area contributed by atoms with Crippen LogP contribution in [0.3, 0.4) is 0 Å². The molecule has 1 aromatic heterocycles. The number of halogens is 1. The van der Waals surface area contributed by atoms with E-state index in [9.17, 15) is 8.42 Å². The first-order valence-corrected chi connectivity index (χ1v) is 13.3. The maximum Gasteiger partial charge on any atom is 0.246 e. The van der Waals surface area contributed by atoms with Gasteiger partial charge >= 0.3 is 0 Å². The number of piperazine rings is 1. The molecule has 0 bridgehead atoms. The fourth-order valence-corrected chi connectivity index (χ4v) is 6.00. The molecule has 0 saturated carbocycles. The first kappa shape index (κ1) is 25.2. The zero-order valence-corrected chi connectivity index (χ0v) is 22.2. The molecule has 4 rings (SSSR count). The summed E-state index contributed by atoms with van der Waals surface area (Å²) < 4.78 is 45.2. The Bertz CT molecular complexity index is 1280. The van der Waals surface area contributed by atoms with E-state index in [1.165, 1.54) is 4.31 Å². The molecule has 35 heavy (non-hydrogen) atoms. The second-order valence-corrected chi connectivity index (χ2v) is 10.6. The third-order valence-electron chi connectivity index (χ3n) is 5.72. The average Bonchev–Trinajstić information content (AvgIpc) is 2.89. The van der Waals surface area contributed by atoms with E-state index in [1.807, 2.05) is 42.2 Å². The number of anilines is 1. The first-order chi connectivity index (χ1) is 16.9. The Balaban J connectivity index is 1.48. The van der Waals surface area contributed by atoms with E-state index in [2.05, 4.69) is 26.1 Å². The van der Waals surface area contributed by atoms with Crippen LogP contribution in [0.4, 0.5) is 5.82 Å². The Morgan fingerprint density at radius 1 is 0.914 bits per heavy atom. The van der Waals surface area contributed by atoms with Crippen LogP contribution in [0.25, 0.3) is 11.3 Å². The molecule has 0 radical (unpaired) electrons. The second-order valence-electron chi connectivity index (χ2n) is 7.76. The van der Waals surface area contributed by atoms with Crippen LogP contribution in [0.5, 0.6) is 17.2 Å². The lowest BCUT2D eigenvalue weighted by Crippen LogP contribution is -2.49. The molecule has 186 valence electrons. The number of hydrogen-bond acceptors (Lipinski definition) is 8. The molecule has 2 aromatic carbocycles. The highest BCUT2D eigenvalue weighted by Crippen LogP contribution is 2.33. The molecule has 0 aliphatic carbocycles. The van der Waals surface area contributed by atoms with Gasteiger partial charge in [0.25, 0.3) is 0 Å². The summed E-state index contributed by atoms with van der Waals surface area (Å²) in [7, 11) is -0.501. The van der Waals surface area contributed by atoms with E-state index in [4.69, 9.17) is 14.2 Å². The van der Waals surface area contributed by atoms with Crippen molar-refractivity contribution in [2.75, 3.05) is 51.9 Å². The van der Waals surface area contributed by atoms with Crippen LogP contribution in [0.15, 0.2) is 57.9 Å². The topological polar surface area (TPSA) is 94.1 Å². The Hall–Kier alpha value is -2.89. The van der Waals surface area contributed by atoms with E-state index in [-0.39, 0.29) is 4.90 Å². The lowest BCUT2D eigenvalue weighted by atomic mass is 10.1. The number of rotatable bonds is 8. The minimum atomic E-state index is -3.71. The van der Waals surface area contributed by atoms with Gasteiger partial charge < -0.3 is 19.1 Å².